The van der Waals surface area contributed by atoms with Crippen molar-refractivity contribution < 1.29 is 24.2 Å². The molecule has 298 valence electrons. The quantitative estimate of drug-likeness (QED) is 0.0390. The molecule has 0 heterocycles. The number of rotatable bonds is 38. The van der Waals surface area contributed by atoms with Gasteiger partial charge in [0.05, 0.1) is 6.61 Å². The van der Waals surface area contributed by atoms with Crippen LogP contribution in [0.3, 0.4) is 0 Å². The number of unbranched alkanes of at least 4 members (excludes halogenated alkanes) is 18. The molecule has 0 fully saturated rings. The van der Waals surface area contributed by atoms with Crippen LogP contribution in [0.25, 0.3) is 0 Å². The maximum Gasteiger partial charge on any atom is 0.306 e. The highest BCUT2D eigenvalue weighted by molar-refractivity contribution is 5.70. The van der Waals surface area contributed by atoms with Crippen LogP contribution in [0, 0.1) is 0 Å². The molecule has 0 saturated heterocycles. The van der Waals surface area contributed by atoms with E-state index in [2.05, 4.69) is 86.8 Å². The summed E-state index contributed by atoms with van der Waals surface area (Å²) in [5.74, 6) is -0.609. The van der Waals surface area contributed by atoms with Crippen molar-refractivity contribution in [3.05, 3.63) is 72.9 Å². The third-order valence-electron chi connectivity index (χ3n) is 8.98. The van der Waals surface area contributed by atoms with Crippen LogP contribution in [-0.2, 0) is 19.1 Å². The molecule has 1 unspecified atom stereocenters. The fourth-order valence-corrected chi connectivity index (χ4v) is 5.74. The van der Waals surface area contributed by atoms with E-state index in [9.17, 15) is 14.7 Å². The van der Waals surface area contributed by atoms with Gasteiger partial charge in [0, 0.05) is 12.8 Å². The second-order valence-corrected chi connectivity index (χ2v) is 14.0. The number of carbonyl (C=O) groups excluding carboxylic acids is 2. The third kappa shape index (κ3) is 40.1. The zero-order valence-electron chi connectivity index (χ0n) is 33.8. The van der Waals surface area contributed by atoms with E-state index in [1.807, 2.05) is 0 Å². The summed E-state index contributed by atoms with van der Waals surface area (Å²) in [5.41, 5.74) is 0. The molecule has 1 atom stereocenters. The minimum atomic E-state index is -0.778. The second kappa shape index (κ2) is 42.8. The fourth-order valence-electron chi connectivity index (χ4n) is 5.74. The first-order valence-electron chi connectivity index (χ1n) is 21.5. The molecule has 0 aromatic heterocycles. The van der Waals surface area contributed by atoms with Crippen molar-refractivity contribution in [3.8, 4) is 0 Å². The predicted molar refractivity (Wildman–Crippen MR) is 223 cm³/mol. The average molecular weight is 725 g/mol. The van der Waals surface area contributed by atoms with Crippen molar-refractivity contribution in [1.29, 1.82) is 0 Å². The fraction of sp³-hybridized carbons (Fsp3) is 0.702. The van der Waals surface area contributed by atoms with Gasteiger partial charge in [0.1, 0.15) is 6.61 Å². The maximum atomic E-state index is 12.2. The molecule has 0 spiro atoms. The van der Waals surface area contributed by atoms with E-state index in [0.717, 1.165) is 77.0 Å². The Balaban J connectivity index is 3.54. The Morgan fingerprint density at radius 1 is 0.462 bits per heavy atom. The molecule has 52 heavy (non-hydrogen) atoms. The van der Waals surface area contributed by atoms with Gasteiger partial charge in [0.25, 0.3) is 0 Å². The summed E-state index contributed by atoms with van der Waals surface area (Å²) in [6.45, 7) is 3.97. The summed E-state index contributed by atoms with van der Waals surface area (Å²) < 4.78 is 10.6. The lowest BCUT2D eigenvalue weighted by Gasteiger charge is -2.15. The van der Waals surface area contributed by atoms with Gasteiger partial charge in [0.15, 0.2) is 6.10 Å². The molecule has 0 radical (unpaired) electrons. The molecular weight excluding hydrogens is 645 g/mol. The molecule has 0 aliphatic heterocycles. The van der Waals surface area contributed by atoms with Crippen LogP contribution < -0.4 is 0 Å². The largest absolute Gasteiger partial charge is 0.462 e. The first-order valence-corrected chi connectivity index (χ1v) is 21.5. The van der Waals surface area contributed by atoms with E-state index in [-0.39, 0.29) is 25.2 Å². The minimum absolute atomic E-state index is 0.0737. The Labute approximate surface area is 321 Å². The van der Waals surface area contributed by atoms with Gasteiger partial charge in [-0.15, -0.1) is 0 Å². The lowest BCUT2D eigenvalue weighted by Crippen LogP contribution is -2.28. The molecule has 0 amide bonds. The van der Waals surface area contributed by atoms with Gasteiger partial charge in [0.2, 0.25) is 0 Å². The number of aliphatic hydroxyl groups is 1. The van der Waals surface area contributed by atoms with Gasteiger partial charge >= 0.3 is 11.9 Å². The molecule has 0 bridgehead atoms. The molecule has 5 heteroatoms. The molecule has 1 N–H and O–H groups in total. The Morgan fingerprint density at radius 2 is 0.827 bits per heavy atom. The Hall–Kier alpha value is -2.66. The molecule has 0 aromatic carbocycles. The van der Waals surface area contributed by atoms with Crippen molar-refractivity contribution in [1.82, 2.24) is 0 Å². The van der Waals surface area contributed by atoms with E-state index < -0.39 is 6.10 Å². The lowest BCUT2D eigenvalue weighted by atomic mass is 10.0. The summed E-state index contributed by atoms with van der Waals surface area (Å²) >= 11 is 0. The van der Waals surface area contributed by atoms with Crippen molar-refractivity contribution in [2.45, 2.75) is 200 Å². The highest BCUT2D eigenvalue weighted by atomic mass is 16.6. The van der Waals surface area contributed by atoms with Crippen molar-refractivity contribution in [3.63, 3.8) is 0 Å². The van der Waals surface area contributed by atoms with E-state index in [1.165, 1.54) is 89.9 Å². The van der Waals surface area contributed by atoms with Gasteiger partial charge in [-0.3, -0.25) is 9.59 Å². The molecule has 0 aromatic rings. The molecule has 0 aliphatic carbocycles. The zero-order valence-corrected chi connectivity index (χ0v) is 33.8. The second-order valence-electron chi connectivity index (χ2n) is 14.0. The number of hydrogen-bond donors (Lipinski definition) is 1. The van der Waals surface area contributed by atoms with Gasteiger partial charge in [-0.05, 0) is 77.0 Å². The number of carbonyl (C=O) groups is 2. The first-order chi connectivity index (χ1) is 25.6. The van der Waals surface area contributed by atoms with Gasteiger partial charge in [-0.1, -0.05) is 177 Å². The summed E-state index contributed by atoms with van der Waals surface area (Å²) in [5, 5.41) is 9.56. The van der Waals surface area contributed by atoms with Crippen LogP contribution in [0.2, 0.25) is 0 Å². The molecule has 0 aliphatic rings. The van der Waals surface area contributed by atoms with E-state index in [4.69, 9.17) is 9.47 Å². The monoisotopic (exact) mass is 725 g/mol. The lowest BCUT2D eigenvalue weighted by molar-refractivity contribution is -0.161. The summed E-state index contributed by atoms with van der Waals surface area (Å²) in [6.07, 6.45) is 56.9. The number of esters is 2. The first kappa shape index (κ1) is 49.3. The van der Waals surface area contributed by atoms with Crippen LogP contribution in [0.15, 0.2) is 72.9 Å². The molecule has 5 nitrogen and oxygen atoms in total. The van der Waals surface area contributed by atoms with Crippen LogP contribution in [0.1, 0.15) is 194 Å². The number of aliphatic hydroxyl groups excluding tert-OH is 1. The zero-order chi connectivity index (χ0) is 37.8. The third-order valence-corrected chi connectivity index (χ3v) is 8.98. The normalized spacial score (nSPS) is 12.9. The Bertz CT molecular complexity index is 957. The van der Waals surface area contributed by atoms with Gasteiger partial charge in [-0.2, -0.15) is 0 Å². The van der Waals surface area contributed by atoms with Crippen LogP contribution >= 0.6 is 0 Å². The molecule has 0 saturated carbocycles. The van der Waals surface area contributed by atoms with Crippen LogP contribution in [-0.4, -0.2) is 36.4 Å². The average Bonchev–Trinajstić information content (AvgIpc) is 3.15. The summed E-state index contributed by atoms with van der Waals surface area (Å²) in [7, 11) is 0. The number of allylic oxidation sites excluding steroid dienone is 12. The van der Waals surface area contributed by atoms with Crippen LogP contribution in [0.5, 0.6) is 0 Å². The van der Waals surface area contributed by atoms with E-state index in [1.54, 1.807) is 0 Å². The Kier molecular flexibility index (Phi) is 40.6. The minimum Gasteiger partial charge on any atom is -0.462 e. The maximum absolute atomic E-state index is 12.2. The number of hydrogen-bond acceptors (Lipinski definition) is 5. The molecular formula is C47H80O5. The number of ether oxygens (including phenoxy) is 2. The van der Waals surface area contributed by atoms with Gasteiger partial charge < -0.3 is 14.6 Å². The van der Waals surface area contributed by atoms with Crippen molar-refractivity contribution in [2.75, 3.05) is 13.2 Å². The van der Waals surface area contributed by atoms with E-state index >= 15 is 0 Å². The van der Waals surface area contributed by atoms with Crippen LogP contribution in [0.4, 0.5) is 0 Å². The standard InChI is InChI=1S/C47H80O5/c1-3-5-7-9-11-13-15-16-17-18-19-20-21-22-23-24-25-26-27-28-29-30-32-34-36-38-40-42-47(50)52-45(43-48)44-51-46(49)41-39-37-35-33-31-14-12-10-8-6-4-2/h5,7,10-13,16-17,19-20,22-23,45,48H,3-4,6,8-9,14-15,18,21,24-44H2,1-2H3/b7-5-,12-10-,13-11-,17-16-,20-19-,23-22-. The van der Waals surface area contributed by atoms with Crippen molar-refractivity contribution in [2.24, 2.45) is 0 Å². The summed E-state index contributed by atoms with van der Waals surface area (Å²) in [4.78, 5) is 24.2. The smallest absolute Gasteiger partial charge is 0.306 e. The predicted octanol–water partition coefficient (Wildman–Crippen LogP) is 13.7. The highest BCUT2D eigenvalue weighted by Crippen LogP contribution is 2.14. The molecule has 0 rings (SSSR count). The summed E-state index contributed by atoms with van der Waals surface area (Å²) in [6, 6.07) is 0. The topological polar surface area (TPSA) is 72.8 Å². The highest BCUT2D eigenvalue weighted by Gasteiger charge is 2.16. The van der Waals surface area contributed by atoms with E-state index in [0.29, 0.717) is 12.8 Å². The Morgan fingerprint density at radius 3 is 1.27 bits per heavy atom. The SMILES string of the molecule is CC/C=C\C/C=C\C/C=C\C/C=C\C/C=C\CCCCCCCCCCCCCC(=O)OC(CO)COC(=O)CCCCCCC/C=C\CCCC. The van der Waals surface area contributed by atoms with Crippen molar-refractivity contribution >= 4 is 11.9 Å². The van der Waals surface area contributed by atoms with Gasteiger partial charge in [-0.25, -0.2) is 0 Å².